The van der Waals surface area contributed by atoms with Gasteiger partial charge in [0.2, 0.25) is 5.13 Å². The van der Waals surface area contributed by atoms with E-state index in [0.29, 0.717) is 23.1 Å². The number of benzene rings is 1. The molecule has 3 rings (SSSR count). The van der Waals surface area contributed by atoms with Crippen LogP contribution in [0.5, 0.6) is 5.75 Å². The summed E-state index contributed by atoms with van der Waals surface area (Å²) in [5.41, 5.74) is 3.19. The number of thioether (sulfide) groups is 1. The molecule has 0 bridgehead atoms. The Morgan fingerprint density at radius 2 is 2.12 bits per heavy atom. The van der Waals surface area contributed by atoms with Gasteiger partial charge in [0.1, 0.15) is 12.4 Å². The Morgan fingerprint density at radius 3 is 2.83 bits per heavy atom. The lowest BCUT2D eigenvalue weighted by molar-refractivity contribution is 0.102. The van der Waals surface area contributed by atoms with Crippen LogP contribution in [0, 0.1) is 0 Å². The van der Waals surface area contributed by atoms with E-state index < -0.39 is 0 Å². The number of hydrogen-bond donors (Lipinski definition) is 1. The first-order chi connectivity index (χ1) is 11.7. The molecule has 0 radical (unpaired) electrons. The maximum absolute atomic E-state index is 12.2. The lowest BCUT2D eigenvalue weighted by Crippen LogP contribution is -2.11. The number of aromatic nitrogens is 3. The number of hydrogen-bond acceptors (Lipinski definition) is 8. The molecule has 0 fully saturated rings. The number of thiazole rings is 1. The number of rotatable bonds is 7. The van der Waals surface area contributed by atoms with Gasteiger partial charge in [0.05, 0.1) is 11.2 Å². The fourth-order valence-electron chi connectivity index (χ4n) is 1.78. The Balaban J connectivity index is 1.56. The predicted molar refractivity (Wildman–Crippen MR) is 97.1 cm³/mol. The highest BCUT2D eigenvalue weighted by Gasteiger charge is 2.10. The first kappa shape index (κ1) is 16.9. The van der Waals surface area contributed by atoms with E-state index in [0.717, 1.165) is 15.8 Å². The number of nitrogens with zero attached hydrogens (tertiary/aromatic N) is 3. The molecule has 0 spiro atoms. The van der Waals surface area contributed by atoms with Crippen LogP contribution in [0.25, 0.3) is 0 Å². The molecule has 24 heavy (non-hydrogen) atoms. The zero-order valence-corrected chi connectivity index (χ0v) is 15.2. The molecule has 0 saturated carbocycles. The van der Waals surface area contributed by atoms with Crippen LogP contribution < -0.4 is 10.1 Å². The molecule has 2 aromatic heterocycles. The van der Waals surface area contributed by atoms with Crippen molar-refractivity contribution in [1.29, 1.82) is 0 Å². The number of carbonyl (C=O) groups is 1. The van der Waals surface area contributed by atoms with Crippen molar-refractivity contribution in [2.75, 3.05) is 11.1 Å². The minimum Gasteiger partial charge on any atom is -0.487 e. The van der Waals surface area contributed by atoms with Gasteiger partial charge in [-0.15, -0.1) is 21.5 Å². The Labute approximate surface area is 151 Å². The highest BCUT2D eigenvalue weighted by molar-refractivity contribution is 8.01. The molecule has 0 saturated heterocycles. The molecule has 124 valence electrons. The second-order valence-electron chi connectivity index (χ2n) is 4.55. The van der Waals surface area contributed by atoms with Gasteiger partial charge in [-0.2, -0.15) is 0 Å². The van der Waals surface area contributed by atoms with Crippen molar-refractivity contribution >= 4 is 45.5 Å². The third kappa shape index (κ3) is 4.53. The summed E-state index contributed by atoms with van der Waals surface area (Å²) in [6.07, 6.45) is 0. The average molecular weight is 379 g/mol. The van der Waals surface area contributed by atoms with Crippen molar-refractivity contribution < 1.29 is 9.53 Å². The van der Waals surface area contributed by atoms with Crippen molar-refractivity contribution in [3.8, 4) is 5.75 Å². The third-order valence-corrected chi connectivity index (χ3v) is 5.37. The minimum atomic E-state index is -0.217. The van der Waals surface area contributed by atoms with Crippen molar-refractivity contribution in [1.82, 2.24) is 15.2 Å². The second kappa shape index (κ2) is 8.22. The Kier molecular flexibility index (Phi) is 5.78. The van der Waals surface area contributed by atoms with Crippen molar-refractivity contribution in [3.05, 3.63) is 46.4 Å². The van der Waals surface area contributed by atoms with Gasteiger partial charge in [-0.25, -0.2) is 4.98 Å². The van der Waals surface area contributed by atoms with Gasteiger partial charge in [-0.05, 0) is 30.0 Å². The molecule has 0 aliphatic rings. The summed E-state index contributed by atoms with van der Waals surface area (Å²) in [6, 6.07) is 6.96. The van der Waals surface area contributed by atoms with Gasteiger partial charge in [-0.3, -0.25) is 10.1 Å². The Morgan fingerprint density at radius 1 is 1.29 bits per heavy atom. The third-order valence-electron chi connectivity index (χ3n) is 2.88. The summed E-state index contributed by atoms with van der Waals surface area (Å²) in [7, 11) is 0. The van der Waals surface area contributed by atoms with Crippen molar-refractivity contribution in [2.45, 2.75) is 17.9 Å². The summed E-state index contributed by atoms with van der Waals surface area (Å²) in [5.74, 6) is 1.40. The van der Waals surface area contributed by atoms with Crippen LogP contribution in [0.1, 0.15) is 23.0 Å². The zero-order valence-electron chi connectivity index (χ0n) is 12.8. The molecule has 9 heteroatoms. The second-order valence-corrected chi connectivity index (χ2v) is 7.76. The van der Waals surface area contributed by atoms with E-state index in [9.17, 15) is 4.79 Å². The predicted octanol–water partition coefficient (Wildman–Crippen LogP) is 3.94. The quantitative estimate of drug-likeness (QED) is 0.496. The molecule has 2 heterocycles. The average Bonchev–Trinajstić information content (AvgIpc) is 3.26. The maximum atomic E-state index is 12.2. The monoisotopic (exact) mass is 378 g/mol. The van der Waals surface area contributed by atoms with Gasteiger partial charge in [0.25, 0.3) is 5.91 Å². The van der Waals surface area contributed by atoms with E-state index in [1.807, 2.05) is 12.3 Å². The largest absolute Gasteiger partial charge is 0.487 e. The van der Waals surface area contributed by atoms with Crippen LogP contribution in [-0.4, -0.2) is 26.8 Å². The normalized spacial score (nSPS) is 10.5. The SMILES string of the molecule is CCSc1nnc(NC(=O)c2ccc(OCc3cscn3)cc2)s1. The van der Waals surface area contributed by atoms with Crippen LogP contribution in [0.4, 0.5) is 5.13 Å². The molecule has 0 aliphatic carbocycles. The first-order valence-electron chi connectivity index (χ1n) is 7.12. The topological polar surface area (TPSA) is 77.0 Å². The summed E-state index contributed by atoms with van der Waals surface area (Å²) in [6.45, 7) is 2.46. The fourth-order valence-corrected chi connectivity index (χ4v) is 3.97. The van der Waals surface area contributed by atoms with Crippen molar-refractivity contribution in [3.63, 3.8) is 0 Å². The lowest BCUT2D eigenvalue weighted by Gasteiger charge is -2.05. The first-order valence-corrected chi connectivity index (χ1v) is 9.86. The molecule has 3 aromatic rings. The van der Waals surface area contributed by atoms with Crippen LogP contribution in [0.15, 0.2) is 39.5 Å². The fraction of sp³-hybridized carbons (Fsp3) is 0.200. The van der Waals surface area contributed by atoms with Gasteiger partial charge < -0.3 is 4.74 Å². The van der Waals surface area contributed by atoms with E-state index in [-0.39, 0.29) is 5.91 Å². The highest BCUT2D eigenvalue weighted by atomic mass is 32.2. The molecular formula is C15H14N4O2S3. The number of carbonyl (C=O) groups excluding carboxylic acids is 1. The van der Waals surface area contributed by atoms with Gasteiger partial charge >= 0.3 is 0 Å². The lowest BCUT2D eigenvalue weighted by atomic mass is 10.2. The van der Waals surface area contributed by atoms with Crippen LogP contribution in [-0.2, 0) is 6.61 Å². The molecule has 1 N–H and O–H groups in total. The minimum absolute atomic E-state index is 0.217. The Bertz CT molecular complexity index is 787. The van der Waals surface area contributed by atoms with Crippen LogP contribution in [0.3, 0.4) is 0 Å². The van der Waals surface area contributed by atoms with E-state index in [1.54, 1.807) is 41.5 Å². The summed E-state index contributed by atoms with van der Waals surface area (Å²) in [4.78, 5) is 16.4. The smallest absolute Gasteiger partial charge is 0.257 e. The van der Waals surface area contributed by atoms with E-state index in [4.69, 9.17) is 4.74 Å². The summed E-state index contributed by atoms with van der Waals surface area (Å²) < 4.78 is 6.47. The Hall–Kier alpha value is -1.97. The number of anilines is 1. The van der Waals surface area contributed by atoms with Gasteiger partial charge in [-0.1, -0.05) is 30.0 Å². The van der Waals surface area contributed by atoms with Crippen LogP contribution >= 0.6 is 34.4 Å². The maximum Gasteiger partial charge on any atom is 0.257 e. The van der Waals surface area contributed by atoms with Gasteiger partial charge in [0.15, 0.2) is 4.34 Å². The summed E-state index contributed by atoms with van der Waals surface area (Å²) >= 11 is 4.50. The molecule has 0 atom stereocenters. The van der Waals surface area contributed by atoms with Gasteiger partial charge in [0, 0.05) is 10.9 Å². The molecular weight excluding hydrogens is 364 g/mol. The van der Waals surface area contributed by atoms with Crippen LogP contribution in [0.2, 0.25) is 0 Å². The molecule has 0 aliphatic heterocycles. The molecule has 6 nitrogen and oxygen atoms in total. The highest BCUT2D eigenvalue weighted by Crippen LogP contribution is 2.25. The zero-order chi connectivity index (χ0) is 16.8. The van der Waals surface area contributed by atoms with E-state index in [1.165, 1.54) is 22.7 Å². The standard InChI is InChI=1S/C15H14N4O2S3/c1-2-23-15-19-18-14(24-15)17-13(20)10-3-5-12(6-4-10)21-7-11-8-22-9-16-11/h3-6,8-9H,2,7H2,1H3,(H,17,18,20). The molecule has 1 aromatic carbocycles. The molecule has 0 unspecified atom stereocenters. The summed E-state index contributed by atoms with van der Waals surface area (Å²) in [5, 5.41) is 13.2. The number of amides is 1. The number of nitrogens with one attached hydrogen (secondary N) is 1. The van der Waals surface area contributed by atoms with E-state index >= 15 is 0 Å². The molecule has 1 amide bonds. The van der Waals surface area contributed by atoms with Crippen molar-refractivity contribution in [2.24, 2.45) is 0 Å². The van der Waals surface area contributed by atoms with E-state index in [2.05, 4.69) is 20.5 Å². The number of ether oxygens (including phenoxy) is 1.